The van der Waals surface area contributed by atoms with Gasteiger partial charge in [-0.15, -0.1) is 0 Å². The van der Waals surface area contributed by atoms with Gasteiger partial charge in [0, 0.05) is 3.57 Å². The summed E-state index contributed by atoms with van der Waals surface area (Å²) in [4.78, 5) is 27.1. The van der Waals surface area contributed by atoms with Crippen LogP contribution in [0.15, 0.2) is 30.6 Å². The van der Waals surface area contributed by atoms with E-state index in [1.54, 1.807) is 12.1 Å². The maximum atomic E-state index is 12.2. The fourth-order valence-corrected chi connectivity index (χ4v) is 2.52. The third-order valence-electron chi connectivity index (χ3n) is 2.59. The molecule has 2 N–H and O–H groups in total. The third kappa shape index (κ3) is 2.46. The van der Waals surface area contributed by atoms with E-state index < -0.39 is 0 Å². The second kappa shape index (κ2) is 5.33. The highest BCUT2D eigenvalue weighted by Crippen LogP contribution is 2.19. The first-order chi connectivity index (χ1) is 9.65. The number of hydrogen-bond acceptors (Lipinski definition) is 4. The van der Waals surface area contributed by atoms with Crippen molar-refractivity contribution < 1.29 is 4.79 Å². The number of aromatic amines is 1. The lowest BCUT2D eigenvalue weighted by Gasteiger charge is -2.05. The van der Waals surface area contributed by atoms with Crippen LogP contribution in [0.1, 0.15) is 10.4 Å². The monoisotopic (exact) mass is 399 g/mol. The van der Waals surface area contributed by atoms with Gasteiger partial charge in [0.2, 0.25) is 5.95 Å². The Hall–Kier alpha value is -1.74. The summed E-state index contributed by atoms with van der Waals surface area (Å²) in [7, 11) is 0. The van der Waals surface area contributed by atoms with Gasteiger partial charge in [-0.1, -0.05) is 23.7 Å². The van der Waals surface area contributed by atoms with E-state index in [9.17, 15) is 4.79 Å². The highest BCUT2D eigenvalue weighted by atomic mass is 127. The minimum absolute atomic E-state index is 0.124. The first-order valence-corrected chi connectivity index (χ1v) is 7.03. The summed E-state index contributed by atoms with van der Waals surface area (Å²) in [5.74, 6) is -0.166. The predicted molar refractivity (Wildman–Crippen MR) is 83.8 cm³/mol. The molecule has 0 atom stereocenters. The first kappa shape index (κ1) is 13.3. The lowest BCUT2D eigenvalue weighted by Crippen LogP contribution is -2.15. The average Bonchev–Trinajstić information content (AvgIpc) is 2.88. The summed E-state index contributed by atoms with van der Waals surface area (Å²) < 4.78 is 0.842. The predicted octanol–water partition coefficient (Wildman–Crippen LogP) is 2.86. The smallest absolute Gasteiger partial charge is 0.259 e. The standard InChI is InChI=1S/C12H7ClIN5O/c13-9-8-10(16-5-15-8)18-12(17-9)19-11(20)6-3-1-2-4-7(6)14/h1-5H,(H2,15,16,17,18,19,20). The molecule has 0 fully saturated rings. The van der Waals surface area contributed by atoms with Gasteiger partial charge >= 0.3 is 0 Å². The van der Waals surface area contributed by atoms with Crippen molar-refractivity contribution in [3.63, 3.8) is 0 Å². The van der Waals surface area contributed by atoms with Gasteiger partial charge in [-0.2, -0.15) is 9.97 Å². The van der Waals surface area contributed by atoms with Gasteiger partial charge < -0.3 is 4.98 Å². The lowest BCUT2D eigenvalue weighted by atomic mass is 10.2. The summed E-state index contributed by atoms with van der Waals surface area (Å²) in [6.07, 6.45) is 1.47. The molecule has 0 aliphatic carbocycles. The van der Waals surface area contributed by atoms with E-state index in [1.807, 2.05) is 12.1 Å². The molecule has 0 saturated heterocycles. The largest absolute Gasteiger partial charge is 0.341 e. The van der Waals surface area contributed by atoms with E-state index in [-0.39, 0.29) is 17.0 Å². The van der Waals surface area contributed by atoms with Crippen molar-refractivity contribution in [3.8, 4) is 0 Å². The molecule has 100 valence electrons. The van der Waals surface area contributed by atoms with Gasteiger partial charge in [0.25, 0.3) is 5.91 Å². The maximum absolute atomic E-state index is 12.2. The molecule has 0 bridgehead atoms. The molecule has 1 aromatic carbocycles. The number of rotatable bonds is 2. The summed E-state index contributed by atoms with van der Waals surface area (Å²) >= 11 is 8.08. The molecular weight excluding hydrogens is 393 g/mol. The van der Waals surface area contributed by atoms with Gasteiger partial charge in [0.1, 0.15) is 5.52 Å². The number of nitrogens with zero attached hydrogens (tertiary/aromatic N) is 3. The number of H-pyrrole nitrogens is 1. The Morgan fingerprint density at radius 1 is 1.30 bits per heavy atom. The number of imidazole rings is 1. The van der Waals surface area contributed by atoms with E-state index in [4.69, 9.17) is 11.6 Å². The van der Waals surface area contributed by atoms with E-state index in [1.165, 1.54) is 6.33 Å². The van der Waals surface area contributed by atoms with Crippen LogP contribution in [0.5, 0.6) is 0 Å². The quantitative estimate of drug-likeness (QED) is 0.513. The molecule has 0 spiro atoms. The molecular formula is C12H7ClIN5O. The highest BCUT2D eigenvalue weighted by molar-refractivity contribution is 14.1. The summed E-state index contributed by atoms with van der Waals surface area (Å²) in [5, 5.41) is 2.83. The van der Waals surface area contributed by atoms with E-state index >= 15 is 0 Å². The number of aromatic nitrogens is 4. The van der Waals surface area contributed by atoms with Gasteiger partial charge in [-0.3, -0.25) is 10.1 Å². The fourth-order valence-electron chi connectivity index (χ4n) is 1.67. The van der Waals surface area contributed by atoms with Gasteiger partial charge in [0.05, 0.1) is 11.9 Å². The van der Waals surface area contributed by atoms with Crippen molar-refractivity contribution in [3.05, 3.63) is 44.9 Å². The van der Waals surface area contributed by atoms with Gasteiger partial charge in [0.15, 0.2) is 10.8 Å². The second-order valence-corrected chi connectivity index (χ2v) is 5.39. The van der Waals surface area contributed by atoms with Crippen molar-refractivity contribution in [1.82, 2.24) is 19.9 Å². The Morgan fingerprint density at radius 3 is 2.90 bits per heavy atom. The van der Waals surface area contributed by atoms with Crippen molar-refractivity contribution >= 4 is 57.2 Å². The lowest BCUT2D eigenvalue weighted by molar-refractivity contribution is 0.102. The Balaban J connectivity index is 1.93. The molecule has 2 aromatic heterocycles. The highest BCUT2D eigenvalue weighted by Gasteiger charge is 2.13. The van der Waals surface area contributed by atoms with Gasteiger partial charge in [-0.05, 0) is 34.7 Å². The van der Waals surface area contributed by atoms with Crippen molar-refractivity contribution in [1.29, 1.82) is 0 Å². The SMILES string of the molecule is O=C(Nc1nc(Cl)c2[nH]cnc2n1)c1ccccc1I. The third-order valence-corrected chi connectivity index (χ3v) is 3.80. The molecule has 3 aromatic rings. The number of fused-ring (bicyclic) bond motifs is 1. The fraction of sp³-hybridized carbons (Fsp3) is 0. The van der Waals surface area contributed by atoms with Crippen LogP contribution in [0.3, 0.4) is 0 Å². The van der Waals surface area contributed by atoms with Crippen molar-refractivity contribution in [2.24, 2.45) is 0 Å². The number of carbonyl (C=O) groups is 1. The second-order valence-electron chi connectivity index (χ2n) is 3.87. The van der Waals surface area contributed by atoms with Crippen LogP contribution in [-0.4, -0.2) is 25.8 Å². The van der Waals surface area contributed by atoms with E-state index in [0.29, 0.717) is 16.7 Å². The zero-order chi connectivity index (χ0) is 14.1. The first-order valence-electron chi connectivity index (χ1n) is 5.57. The Bertz CT molecular complexity index is 803. The molecule has 0 radical (unpaired) electrons. The van der Waals surface area contributed by atoms with Gasteiger partial charge in [-0.25, -0.2) is 4.98 Å². The van der Waals surface area contributed by atoms with Crippen LogP contribution in [0.4, 0.5) is 5.95 Å². The molecule has 3 rings (SSSR count). The molecule has 6 nitrogen and oxygen atoms in total. The number of halogens is 2. The molecule has 1 amide bonds. The number of nitrogens with one attached hydrogen (secondary N) is 2. The van der Waals surface area contributed by atoms with Crippen LogP contribution >= 0.6 is 34.2 Å². The maximum Gasteiger partial charge on any atom is 0.259 e. The Morgan fingerprint density at radius 2 is 2.10 bits per heavy atom. The molecule has 8 heteroatoms. The average molecular weight is 400 g/mol. The van der Waals surface area contributed by atoms with Crippen LogP contribution in [0, 0.1) is 3.57 Å². The molecule has 2 heterocycles. The van der Waals surface area contributed by atoms with Crippen molar-refractivity contribution in [2.75, 3.05) is 5.32 Å². The number of anilines is 1. The summed E-state index contributed by atoms with van der Waals surface area (Å²) in [5.41, 5.74) is 1.50. The normalized spacial score (nSPS) is 10.7. The van der Waals surface area contributed by atoms with Crippen LogP contribution in [0.2, 0.25) is 5.15 Å². The molecule has 0 aliphatic rings. The molecule has 0 unspecified atom stereocenters. The topological polar surface area (TPSA) is 83.6 Å². The Labute approximate surface area is 132 Å². The van der Waals surface area contributed by atoms with E-state index in [2.05, 4.69) is 47.8 Å². The summed E-state index contributed by atoms with van der Waals surface area (Å²) in [6.45, 7) is 0. The minimum Gasteiger partial charge on any atom is -0.341 e. The van der Waals surface area contributed by atoms with E-state index in [0.717, 1.165) is 3.57 Å². The summed E-state index contributed by atoms with van der Waals surface area (Å²) in [6, 6.07) is 7.23. The van der Waals surface area contributed by atoms with Crippen LogP contribution < -0.4 is 5.32 Å². The number of carbonyl (C=O) groups excluding carboxylic acids is 1. The molecule has 20 heavy (non-hydrogen) atoms. The number of hydrogen-bond donors (Lipinski definition) is 2. The molecule has 0 saturated carbocycles. The van der Waals surface area contributed by atoms with Crippen molar-refractivity contribution in [2.45, 2.75) is 0 Å². The zero-order valence-electron chi connectivity index (χ0n) is 9.89. The van der Waals surface area contributed by atoms with Crippen LogP contribution in [0.25, 0.3) is 11.2 Å². The number of benzene rings is 1. The van der Waals surface area contributed by atoms with Crippen LogP contribution in [-0.2, 0) is 0 Å². The zero-order valence-corrected chi connectivity index (χ0v) is 12.8. The number of amides is 1. The minimum atomic E-state index is -0.291. The molecule has 0 aliphatic heterocycles. The Kier molecular flexibility index (Phi) is 3.53.